The summed E-state index contributed by atoms with van der Waals surface area (Å²) in [6.07, 6.45) is 0. The smallest absolute Gasteiger partial charge is 0.231 e. The quantitative estimate of drug-likeness (QED) is 0.829. The summed E-state index contributed by atoms with van der Waals surface area (Å²) in [5.41, 5.74) is 0. The predicted molar refractivity (Wildman–Crippen MR) is 68.9 cm³/mol. The van der Waals surface area contributed by atoms with Crippen LogP contribution in [0.25, 0.3) is 0 Å². The van der Waals surface area contributed by atoms with Gasteiger partial charge in [0.15, 0.2) is 5.82 Å². The number of hydrogen-bond acceptors (Lipinski definition) is 5. The van der Waals surface area contributed by atoms with Crippen molar-refractivity contribution in [2.24, 2.45) is 7.05 Å². The summed E-state index contributed by atoms with van der Waals surface area (Å²) in [4.78, 5) is 0.175. The third kappa shape index (κ3) is 2.91. The zero-order valence-corrected chi connectivity index (χ0v) is 11.9. The molecule has 0 fully saturated rings. The van der Waals surface area contributed by atoms with Crippen molar-refractivity contribution in [3.8, 4) is 0 Å². The number of nitrogens with zero attached hydrogens (tertiary/aromatic N) is 5. The van der Waals surface area contributed by atoms with Crippen molar-refractivity contribution in [1.29, 1.82) is 0 Å². The van der Waals surface area contributed by atoms with Gasteiger partial charge in [0.2, 0.25) is 10.0 Å². The Morgan fingerprint density at radius 3 is 2.47 bits per heavy atom. The molecule has 9 heteroatoms. The summed E-state index contributed by atoms with van der Waals surface area (Å²) in [6.45, 7) is 0.0917. The van der Waals surface area contributed by atoms with E-state index < -0.39 is 10.0 Å². The van der Waals surface area contributed by atoms with Crippen molar-refractivity contribution < 1.29 is 8.42 Å². The molecule has 0 aliphatic carbocycles. The maximum atomic E-state index is 12.3. The minimum absolute atomic E-state index is 0.0917. The van der Waals surface area contributed by atoms with Crippen molar-refractivity contribution in [1.82, 2.24) is 24.5 Å². The van der Waals surface area contributed by atoms with E-state index in [1.54, 1.807) is 7.05 Å². The molecule has 7 nitrogen and oxygen atoms in total. The van der Waals surface area contributed by atoms with E-state index in [0.717, 1.165) is 0 Å². The number of sulfonamides is 1. The highest BCUT2D eigenvalue weighted by Crippen LogP contribution is 2.18. The molecule has 1 heterocycles. The first-order valence-electron chi connectivity index (χ1n) is 5.34. The summed E-state index contributed by atoms with van der Waals surface area (Å²) < 4.78 is 27.2. The van der Waals surface area contributed by atoms with Crippen LogP contribution in [0.1, 0.15) is 5.82 Å². The molecule has 0 N–H and O–H groups in total. The van der Waals surface area contributed by atoms with E-state index in [2.05, 4.69) is 15.5 Å². The van der Waals surface area contributed by atoms with Crippen LogP contribution < -0.4 is 0 Å². The molecule has 0 radical (unpaired) electrons. The summed E-state index contributed by atoms with van der Waals surface area (Å²) in [6, 6.07) is 5.99. The van der Waals surface area contributed by atoms with Gasteiger partial charge in [-0.1, -0.05) is 11.6 Å². The molecule has 102 valence electrons. The van der Waals surface area contributed by atoms with Gasteiger partial charge in [0.1, 0.15) is 0 Å². The Morgan fingerprint density at radius 2 is 1.95 bits per heavy atom. The molecule has 0 spiro atoms. The Labute approximate surface area is 115 Å². The van der Waals surface area contributed by atoms with Crippen LogP contribution in [0.3, 0.4) is 0 Å². The molecule has 0 atom stereocenters. The lowest BCUT2D eigenvalue weighted by Crippen LogP contribution is -2.27. The van der Waals surface area contributed by atoms with E-state index in [-0.39, 0.29) is 11.4 Å². The van der Waals surface area contributed by atoms with Crippen LogP contribution in [0.15, 0.2) is 29.2 Å². The average molecular weight is 302 g/mol. The lowest BCUT2D eigenvalue weighted by molar-refractivity contribution is 0.447. The lowest BCUT2D eigenvalue weighted by atomic mass is 10.4. The molecular formula is C10H12ClN5O2S. The summed E-state index contributed by atoms with van der Waals surface area (Å²) in [7, 11) is -0.461. The number of aryl methyl sites for hydroxylation is 1. The molecule has 0 amide bonds. The molecule has 0 saturated heterocycles. The third-order valence-electron chi connectivity index (χ3n) is 2.59. The minimum atomic E-state index is -3.58. The Morgan fingerprint density at radius 1 is 1.32 bits per heavy atom. The second-order valence-electron chi connectivity index (χ2n) is 3.93. The SMILES string of the molecule is CN(Cc1nnnn1C)S(=O)(=O)c1ccc(Cl)cc1. The maximum Gasteiger partial charge on any atom is 0.243 e. The normalized spacial score (nSPS) is 12.0. The van der Waals surface area contributed by atoms with Gasteiger partial charge >= 0.3 is 0 Å². The van der Waals surface area contributed by atoms with Gasteiger partial charge in [-0.3, -0.25) is 0 Å². The van der Waals surface area contributed by atoms with Crippen LogP contribution in [-0.2, 0) is 23.6 Å². The monoisotopic (exact) mass is 301 g/mol. The largest absolute Gasteiger partial charge is 0.243 e. The summed E-state index contributed by atoms with van der Waals surface area (Å²) >= 11 is 5.74. The van der Waals surface area contributed by atoms with E-state index in [1.807, 2.05) is 0 Å². The Kier molecular flexibility index (Phi) is 3.83. The Bertz CT molecular complexity index is 667. The second-order valence-corrected chi connectivity index (χ2v) is 6.42. The molecule has 2 rings (SSSR count). The molecule has 1 aromatic carbocycles. The van der Waals surface area contributed by atoms with Crippen LogP contribution in [0.4, 0.5) is 0 Å². The van der Waals surface area contributed by atoms with Crippen LogP contribution in [0.2, 0.25) is 5.02 Å². The maximum absolute atomic E-state index is 12.3. The fourth-order valence-electron chi connectivity index (χ4n) is 1.45. The molecule has 0 bridgehead atoms. The van der Waals surface area contributed by atoms with Gasteiger partial charge in [-0.15, -0.1) is 5.10 Å². The third-order valence-corrected chi connectivity index (χ3v) is 4.66. The van der Waals surface area contributed by atoms with Gasteiger partial charge in [-0.05, 0) is 34.7 Å². The number of aromatic nitrogens is 4. The minimum Gasteiger partial charge on any atom is -0.231 e. The molecule has 0 unspecified atom stereocenters. The highest BCUT2D eigenvalue weighted by molar-refractivity contribution is 7.89. The zero-order valence-electron chi connectivity index (χ0n) is 10.4. The van der Waals surface area contributed by atoms with Crippen molar-refractivity contribution in [2.75, 3.05) is 7.05 Å². The van der Waals surface area contributed by atoms with Crippen LogP contribution in [0, 0.1) is 0 Å². The van der Waals surface area contributed by atoms with E-state index >= 15 is 0 Å². The zero-order chi connectivity index (χ0) is 14.0. The number of rotatable bonds is 4. The summed E-state index contributed by atoms with van der Waals surface area (Å²) in [5, 5.41) is 11.4. The number of halogens is 1. The average Bonchev–Trinajstić information content (AvgIpc) is 2.75. The van der Waals surface area contributed by atoms with Crippen LogP contribution in [-0.4, -0.2) is 40.0 Å². The number of hydrogen-bond donors (Lipinski definition) is 0. The van der Waals surface area contributed by atoms with Gasteiger partial charge in [-0.2, -0.15) is 4.31 Å². The number of benzene rings is 1. The molecule has 1 aromatic heterocycles. The Hall–Kier alpha value is -1.51. The molecule has 19 heavy (non-hydrogen) atoms. The fourth-order valence-corrected chi connectivity index (χ4v) is 2.70. The first kappa shape index (κ1) is 13.9. The number of tetrazole rings is 1. The fraction of sp³-hybridized carbons (Fsp3) is 0.300. The highest BCUT2D eigenvalue weighted by Gasteiger charge is 2.22. The van der Waals surface area contributed by atoms with Gasteiger partial charge < -0.3 is 0 Å². The van der Waals surface area contributed by atoms with Crippen LogP contribution in [0.5, 0.6) is 0 Å². The van der Waals surface area contributed by atoms with Crippen LogP contribution >= 0.6 is 11.6 Å². The van der Waals surface area contributed by atoms with E-state index in [1.165, 1.54) is 40.3 Å². The lowest BCUT2D eigenvalue weighted by Gasteiger charge is -2.16. The van der Waals surface area contributed by atoms with Crippen molar-refractivity contribution >= 4 is 21.6 Å². The first-order valence-corrected chi connectivity index (χ1v) is 7.16. The molecular weight excluding hydrogens is 290 g/mol. The predicted octanol–water partition coefficient (Wildman–Crippen LogP) is 0.684. The van der Waals surface area contributed by atoms with E-state index in [0.29, 0.717) is 10.8 Å². The van der Waals surface area contributed by atoms with E-state index in [4.69, 9.17) is 11.6 Å². The molecule has 0 aliphatic rings. The van der Waals surface area contributed by atoms with E-state index in [9.17, 15) is 8.42 Å². The van der Waals surface area contributed by atoms with Gasteiger partial charge in [0, 0.05) is 19.1 Å². The molecule has 0 aliphatic heterocycles. The van der Waals surface area contributed by atoms with Gasteiger partial charge in [-0.25, -0.2) is 13.1 Å². The summed E-state index contributed by atoms with van der Waals surface area (Å²) in [5.74, 6) is 0.458. The molecule has 0 saturated carbocycles. The van der Waals surface area contributed by atoms with Crippen molar-refractivity contribution in [2.45, 2.75) is 11.4 Å². The molecule has 2 aromatic rings. The van der Waals surface area contributed by atoms with Crippen molar-refractivity contribution in [3.63, 3.8) is 0 Å². The topological polar surface area (TPSA) is 81.0 Å². The highest BCUT2D eigenvalue weighted by atomic mass is 35.5. The standard InChI is InChI=1S/C10H12ClN5O2S/c1-15(7-10-12-13-14-16(10)2)19(17,18)9-5-3-8(11)4-6-9/h3-6H,7H2,1-2H3. The first-order chi connectivity index (χ1) is 8.91. The second kappa shape index (κ2) is 5.24. The van der Waals surface area contributed by atoms with Gasteiger partial charge in [0.05, 0.1) is 11.4 Å². The Balaban J connectivity index is 2.24. The van der Waals surface area contributed by atoms with Gasteiger partial charge in [0.25, 0.3) is 0 Å². The van der Waals surface area contributed by atoms with Crippen molar-refractivity contribution in [3.05, 3.63) is 35.1 Å².